The molecule has 72 valence electrons. The number of hydrazone groups is 1. The van der Waals surface area contributed by atoms with E-state index in [0.29, 0.717) is 6.54 Å². The van der Waals surface area contributed by atoms with E-state index in [4.69, 9.17) is 5.73 Å². The summed E-state index contributed by atoms with van der Waals surface area (Å²) in [5.41, 5.74) is 7.93. The minimum absolute atomic E-state index is 0.626. The average molecular weight is 244 g/mol. The van der Waals surface area contributed by atoms with Crippen molar-refractivity contribution in [3.63, 3.8) is 0 Å². The number of hydrogen-bond donors (Lipinski definition) is 2. The second-order valence-electron chi connectivity index (χ2n) is 2.34. The number of benzene rings is 1. The summed E-state index contributed by atoms with van der Waals surface area (Å²) >= 11 is 3.38. The zero-order valence-electron chi connectivity index (χ0n) is 7.41. The Morgan fingerprint density at radius 3 is 2.38 bits per heavy atom. The van der Waals surface area contributed by atoms with Crippen LogP contribution in [0.2, 0.25) is 0 Å². The van der Waals surface area contributed by atoms with Crippen molar-refractivity contribution >= 4 is 22.6 Å². The number of nitrogens with zero attached hydrogens (tertiary/aromatic N) is 1. The van der Waals surface area contributed by atoms with E-state index in [1.807, 2.05) is 12.1 Å². The van der Waals surface area contributed by atoms with E-state index in [-0.39, 0.29) is 0 Å². The van der Waals surface area contributed by atoms with Crippen molar-refractivity contribution in [2.75, 3.05) is 0 Å². The maximum absolute atomic E-state index is 5.46. The smallest absolute Gasteiger partial charge is 0.0283 e. The lowest BCUT2D eigenvalue weighted by molar-refractivity contribution is 1.07. The average Bonchev–Trinajstić information content (AvgIpc) is 2.19. The molecule has 0 aliphatic heterocycles. The SMILES string of the molecule is C=NN.NCc1cccc(CBr)c1. The molecular weight excluding hydrogens is 230 g/mol. The van der Waals surface area contributed by atoms with Crippen LogP contribution in [0.15, 0.2) is 29.4 Å². The standard InChI is InChI=1S/C8H10BrN.CH4N2/c9-5-7-2-1-3-8(4-7)6-10;1-3-2/h1-4H,5-6,10H2;1-2H2. The highest BCUT2D eigenvalue weighted by Gasteiger charge is 1.90. The third-order valence-corrected chi connectivity index (χ3v) is 2.03. The van der Waals surface area contributed by atoms with Crippen molar-refractivity contribution < 1.29 is 0 Å². The fourth-order valence-corrected chi connectivity index (χ4v) is 1.19. The molecule has 1 rings (SSSR count). The van der Waals surface area contributed by atoms with Gasteiger partial charge in [0.25, 0.3) is 0 Å². The van der Waals surface area contributed by atoms with Gasteiger partial charge in [0.2, 0.25) is 0 Å². The van der Waals surface area contributed by atoms with Crippen molar-refractivity contribution in [2.45, 2.75) is 11.9 Å². The van der Waals surface area contributed by atoms with Gasteiger partial charge in [-0.3, -0.25) is 0 Å². The predicted molar refractivity (Wildman–Crippen MR) is 60.7 cm³/mol. The zero-order chi connectivity index (χ0) is 10.1. The van der Waals surface area contributed by atoms with E-state index in [1.54, 1.807) is 0 Å². The van der Waals surface area contributed by atoms with Crippen LogP contribution in [-0.2, 0) is 11.9 Å². The highest BCUT2D eigenvalue weighted by molar-refractivity contribution is 9.08. The minimum Gasteiger partial charge on any atom is -0.326 e. The first-order valence-electron chi connectivity index (χ1n) is 3.78. The van der Waals surface area contributed by atoms with Gasteiger partial charge in [0, 0.05) is 18.6 Å². The van der Waals surface area contributed by atoms with Crippen LogP contribution in [0.25, 0.3) is 0 Å². The Bertz CT molecular complexity index is 231. The van der Waals surface area contributed by atoms with Crippen LogP contribution in [0.4, 0.5) is 0 Å². The monoisotopic (exact) mass is 243 g/mol. The molecule has 3 nitrogen and oxygen atoms in total. The van der Waals surface area contributed by atoms with Gasteiger partial charge in [0.05, 0.1) is 0 Å². The van der Waals surface area contributed by atoms with Crippen molar-refractivity contribution in [3.8, 4) is 0 Å². The number of rotatable bonds is 2. The summed E-state index contributed by atoms with van der Waals surface area (Å²) < 4.78 is 0. The van der Waals surface area contributed by atoms with Crippen LogP contribution >= 0.6 is 15.9 Å². The second-order valence-corrected chi connectivity index (χ2v) is 2.90. The van der Waals surface area contributed by atoms with E-state index in [1.165, 1.54) is 11.1 Å². The summed E-state index contributed by atoms with van der Waals surface area (Å²) in [7, 11) is 0. The minimum atomic E-state index is 0.626. The summed E-state index contributed by atoms with van der Waals surface area (Å²) in [5, 5.41) is 3.65. The molecule has 0 atom stereocenters. The number of halogens is 1. The Labute approximate surface area is 86.9 Å². The number of nitrogens with two attached hydrogens (primary N) is 2. The summed E-state index contributed by atoms with van der Waals surface area (Å²) in [4.78, 5) is 0. The Kier molecular flexibility index (Phi) is 7.24. The summed E-state index contributed by atoms with van der Waals surface area (Å²) in [5.74, 6) is 4.36. The van der Waals surface area contributed by atoms with Gasteiger partial charge in [-0.15, -0.1) is 0 Å². The Morgan fingerprint density at radius 2 is 1.92 bits per heavy atom. The first-order chi connectivity index (χ1) is 6.28. The third-order valence-electron chi connectivity index (χ3n) is 1.38. The van der Waals surface area contributed by atoms with E-state index in [9.17, 15) is 0 Å². The molecule has 0 aliphatic rings. The molecule has 4 heteroatoms. The number of hydrogen-bond acceptors (Lipinski definition) is 3. The Morgan fingerprint density at radius 1 is 1.38 bits per heavy atom. The van der Waals surface area contributed by atoms with Gasteiger partial charge < -0.3 is 11.6 Å². The molecular formula is C9H14BrN3. The topological polar surface area (TPSA) is 64.4 Å². The van der Waals surface area contributed by atoms with Crippen molar-refractivity contribution in [1.29, 1.82) is 0 Å². The third kappa shape index (κ3) is 5.38. The van der Waals surface area contributed by atoms with E-state index in [2.05, 4.69) is 45.7 Å². The summed E-state index contributed by atoms with van der Waals surface area (Å²) in [6.45, 7) is 3.51. The van der Waals surface area contributed by atoms with Crippen molar-refractivity contribution in [1.82, 2.24) is 0 Å². The molecule has 0 amide bonds. The highest BCUT2D eigenvalue weighted by atomic mass is 79.9. The first-order valence-corrected chi connectivity index (χ1v) is 4.90. The van der Waals surface area contributed by atoms with E-state index < -0.39 is 0 Å². The van der Waals surface area contributed by atoms with Gasteiger partial charge in [0.15, 0.2) is 0 Å². The summed E-state index contributed by atoms with van der Waals surface area (Å²) in [6, 6.07) is 8.24. The molecule has 0 aromatic heterocycles. The molecule has 0 radical (unpaired) electrons. The van der Waals surface area contributed by atoms with E-state index in [0.717, 1.165) is 5.33 Å². The van der Waals surface area contributed by atoms with Crippen molar-refractivity contribution in [2.24, 2.45) is 16.7 Å². The van der Waals surface area contributed by atoms with Gasteiger partial charge in [-0.2, -0.15) is 5.10 Å². The van der Waals surface area contributed by atoms with Crippen molar-refractivity contribution in [3.05, 3.63) is 35.4 Å². The first kappa shape index (κ1) is 12.1. The lowest BCUT2D eigenvalue weighted by Gasteiger charge is -1.97. The molecule has 0 fully saturated rings. The lowest BCUT2D eigenvalue weighted by Crippen LogP contribution is -1.95. The van der Waals surface area contributed by atoms with Crippen LogP contribution in [-0.4, -0.2) is 6.72 Å². The zero-order valence-corrected chi connectivity index (χ0v) is 9.00. The fraction of sp³-hybridized carbons (Fsp3) is 0.222. The molecule has 0 bridgehead atoms. The molecule has 13 heavy (non-hydrogen) atoms. The molecule has 0 aliphatic carbocycles. The van der Waals surface area contributed by atoms with Crippen LogP contribution in [0, 0.1) is 0 Å². The van der Waals surface area contributed by atoms with Crippen LogP contribution in [0.5, 0.6) is 0 Å². The van der Waals surface area contributed by atoms with Crippen LogP contribution < -0.4 is 11.6 Å². The second kappa shape index (κ2) is 7.76. The maximum atomic E-state index is 5.46. The van der Waals surface area contributed by atoms with Gasteiger partial charge in [0.1, 0.15) is 0 Å². The summed E-state index contributed by atoms with van der Waals surface area (Å²) in [6.07, 6.45) is 0. The molecule has 0 saturated heterocycles. The fourth-order valence-electron chi connectivity index (χ4n) is 0.840. The highest BCUT2D eigenvalue weighted by Crippen LogP contribution is 2.07. The van der Waals surface area contributed by atoms with Crippen LogP contribution in [0.3, 0.4) is 0 Å². The maximum Gasteiger partial charge on any atom is 0.0283 e. The van der Waals surface area contributed by atoms with Gasteiger partial charge >= 0.3 is 0 Å². The van der Waals surface area contributed by atoms with Crippen LogP contribution in [0.1, 0.15) is 11.1 Å². The van der Waals surface area contributed by atoms with E-state index >= 15 is 0 Å². The van der Waals surface area contributed by atoms with Gasteiger partial charge in [-0.1, -0.05) is 40.2 Å². The Balaban J connectivity index is 0.000000424. The molecule has 0 unspecified atom stereocenters. The molecule has 0 saturated carbocycles. The Hall–Kier alpha value is -0.870. The largest absolute Gasteiger partial charge is 0.326 e. The molecule has 1 aromatic carbocycles. The molecule has 4 N–H and O–H groups in total. The lowest BCUT2D eigenvalue weighted by atomic mass is 10.1. The van der Waals surface area contributed by atoms with Gasteiger partial charge in [-0.25, -0.2) is 0 Å². The van der Waals surface area contributed by atoms with Gasteiger partial charge in [-0.05, 0) is 11.1 Å². The number of alkyl halides is 1. The normalized spacial score (nSPS) is 8.46. The quantitative estimate of drug-likeness (QED) is 0.359. The molecule has 0 heterocycles. The predicted octanol–water partition coefficient (Wildman–Crippen LogP) is 1.60. The molecule has 0 spiro atoms. The molecule has 1 aromatic rings.